The first-order chi connectivity index (χ1) is 26.6. The number of thiophene rings is 1. The van der Waals surface area contributed by atoms with Crippen LogP contribution in [0, 0.1) is 0 Å². The second-order valence-electron chi connectivity index (χ2n) is 15.3. The molecule has 0 saturated heterocycles. The van der Waals surface area contributed by atoms with Crippen LogP contribution < -0.4 is 0 Å². The summed E-state index contributed by atoms with van der Waals surface area (Å²) in [5.41, 5.74) is 15.1. The highest BCUT2D eigenvalue weighted by atomic mass is 32.1. The van der Waals surface area contributed by atoms with Gasteiger partial charge in [0, 0.05) is 64.1 Å². The monoisotopic (exact) mass is 706 g/mol. The first-order valence-electron chi connectivity index (χ1n) is 18.8. The lowest BCUT2D eigenvalue weighted by molar-refractivity contribution is 0.667. The van der Waals surface area contributed by atoms with Crippen LogP contribution in [-0.4, -0.2) is 9.13 Å². The van der Waals surface area contributed by atoms with Crippen LogP contribution in [0.3, 0.4) is 0 Å². The molecule has 3 heteroatoms. The molecule has 0 unspecified atom stereocenters. The lowest BCUT2D eigenvalue weighted by Gasteiger charge is -2.23. The predicted octanol–water partition coefficient (Wildman–Crippen LogP) is 14.2. The molecule has 8 aromatic carbocycles. The standard InChI is InChI=1S/C51H34N2S/c1-51(2)40-20-10-6-17-36(40)45-48(51)46-37-18-7-11-21-41(37)52(33-14-4-3-5-15-33)50(46)47-38-19-8-12-22-42(38)53(49(45)47)34-27-24-31(25-28-34)32-26-29-44-39(30-32)35-16-9-13-23-43(35)54-44/h3-30H,1-2H3. The molecule has 12 rings (SSSR count). The molecule has 0 N–H and O–H groups in total. The third-order valence-electron chi connectivity index (χ3n) is 12.1. The summed E-state index contributed by atoms with van der Waals surface area (Å²) < 4.78 is 7.74. The number of benzene rings is 8. The van der Waals surface area contributed by atoms with E-state index in [1.807, 2.05) is 11.3 Å². The number of rotatable bonds is 3. The van der Waals surface area contributed by atoms with Crippen molar-refractivity contribution in [3.63, 3.8) is 0 Å². The summed E-state index contributed by atoms with van der Waals surface area (Å²) in [5.74, 6) is 0. The van der Waals surface area contributed by atoms with Crippen molar-refractivity contribution >= 4 is 75.1 Å². The highest BCUT2D eigenvalue weighted by Gasteiger charge is 2.41. The van der Waals surface area contributed by atoms with Gasteiger partial charge in [0.25, 0.3) is 0 Å². The molecule has 2 nitrogen and oxygen atoms in total. The molecule has 3 aromatic heterocycles. The number of aromatic nitrogens is 2. The second-order valence-corrected chi connectivity index (χ2v) is 16.3. The molecule has 0 fully saturated rings. The summed E-state index contributed by atoms with van der Waals surface area (Å²) in [6.45, 7) is 4.85. The van der Waals surface area contributed by atoms with Gasteiger partial charge in [-0.15, -0.1) is 11.3 Å². The maximum atomic E-state index is 2.55. The molecule has 0 radical (unpaired) electrons. The van der Waals surface area contributed by atoms with Crippen molar-refractivity contribution in [1.29, 1.82) is 0 Å². The maximum Gasteiger partial charge on any atom is 0.0644 e. The van der Waals surface area contributed by atoms with Crippen molar-refractivity contribution in [2.45, 2.75) is 19.3 Å². The molecule has 0 saturated carbocycles. The zero-order valence-electron chi connectivity index (χ0n) is 30.0. The summed E-state index contributed by atoms with van der Waals surface area (Å²) in [6, 6.07) is 63.0. The van der Waals surface area contributed by atoms with Gasteiger partial charge < -0.3 is 9.13 Å². The van der Waals surface area contributed by atoms with E-state index in [9.17, 15) is 0 Å². The van der Waals surface area contributed by atoms with E-state index in [-0.39, 0.29) is 5.41 Å². The van der Waals surface area contributed by atoms with E-state index < -0.39 is 0 Å². The number of hydrogen-bond donors (Lipinski definition) is 0. The number of fused-ring (bicyclic) bond motifs is 15. The summed E-state index contributed by atoms with van der Waals surface area (Å²) in [4.78, 5) is 0. The molecule has 0 bridgehead atoms. The first kappa shape index (κ1) is 30.1. The van der Waals surface area contributed by atoms with Crippen molar-refractivity contribution in [1.82, 2.24) is 9.13 Å². The fourth-order valence-electron chi connectivity index (χ4n) is 9.78. The average Bonchev–Trinajstić information content (AvgIpc) is 3.93. The summed E-state index contributed by atoms with van der Waals surface area (Å²) >= 11 is 1.87. The smallest absolute Gasteiger partial charge is 0.0644 e. The van der Waals surface area contributed by atoms with Crippen LogP contribution in [0.25, 0.3) is 97.4 Å². The summed E-state index contributed by atoms with van der Waals surface area (Å²) in [7, 11) is 0. The molecule has 1 aliphatic carbocycles. The summed E-state index contributed by atoms with van der Waals surface area (Å²) in [6.07, 6.45) is 0. The average molecular weight is 707 g/mol. The van der Waals surface area contributed by atoms with E-state index in [1.165, 1.54) is 103 Å². The minimum absolute atomic E-state index is 0.209. The van der Waals surface area contributed by atoms with E-state index >= 15 is 0 Å². The Kier molecular flexibility index (Phi) is 6.03. The zero-order valence-corrected chi connectivity index (χ0v) is 30.8. The Morgan fingerprint density at radius 2 is 1.02 bits per heavy atom. The van der Waals surface area contributed by atoms with Crippen LogP contribution in [0.15, 0.2) is 170 Å². The molecule has 0 aliphatic heterocycles. The minimum atomic E-state index is -0.209. The molecule has 3 heterocycles. The van der Waals surface area contributed by atoms with Gasteiger partial charge in [-0.2, -0.15) is 0 Å². The van der Waals surface area contributed by atoms with Gasteiger partial charge in [-0.25, -0.2) is 0 Å². The maximum absolute atomic E-state index is 2.55. The van der Waals surface area contributed by atoms with E-state index in [1.54, 1.807) is 0 Å². The van der Waals surface area contributed by atoms with Gasteiger partial charge in [0.05, 0.1) is 22.1 Å². The molecule has 0 atom stereocenters. The van der Waals surface area contributed by atoms with Crippen LogP contribution in [0.1, 0.15) is 25.0 Å². The zero-order chi connectivity index (χ0) is 35.7. The molecular formula is C51H34N2S. The largest absolute Gasteiger partial charge is 0.309 e. The third kappa shape index (κ3) is 3.89. The van der Waals surface area contributed by atoms with Crippen LogP contribution in [0.2, 0.25) is 0 Å². The summed E-state index contributed by atoms with van der Waals surface area (Å²) in [5, 5.41) is 7.87. The van der Waals surface area contributed by atoms with Crippen molar-refractivity contribution in [2.24, 2.45) is 0 Å². The molecule has 11 aromatic rings. The second kappa shape index (κ2) is 10.8. The Morgan fingerprint density at radius 1 is 0.444 bits per heavy atom. The molecule has 54 heavy (non-hydrogen) atoms. The normalized spacial score (nSPS) is 13.5. The van der Waals surface area contributed by atoms with Crippen molar-refractivity contribution in [2.75, 3.05) is 0 Å². The molecule has 0 spiro atoms. The van der Waals surface area contributed by atoms with Crippen molar-refractivity contribution in [3.05, 3.63) is 181 Å². The molecule has 1 aliphatic rings. The Bertz CT molecular complexity index is 3340. The van der Waals surface area contributed by atoms with E-state index in [0.717, 1.165) is 5.69 Å². The Balaban J connectivity index is 1.21. The lowest BCUT2D eigenvalue weighted by Crippen LogP contribution is -2.15. The number of nitrogens with zero attached hydrogens (tertiary/aromatic N) is 2. The van der Waals surface area contributed by atoms with Crippen LogP contribution in [0.5, 0.6) is 0 Å². The van der Waals surface area contributed by atoms with E-state index in [0.29, 0.717) is 0 Å². The first-order valence-corrected chi connectivity index (χ1v) is 19.6. The van der Waals surface area contributed by atoms with Crippen LogP contribution in [-0.2, 0) is 5.41 Å². The van der Waals surface area contributed by atoms with Gasteiger partial charge in [-0.05, 0) is 82.4 Å². The number of para-hydroxylation sites is 3. The highest BCUT2D eigenvalue weighted by molar-refractivity contribution is 7.25. The van der Waals surface area contributed by atoms with E-state index in [2.05, 4.69) is 193 Å². The molecule has 0 amide bonds. The minimum Gasteiger partial charge on any atom is -0.309 e. The third-order valence-corrected chi connectivity index (χ3v) is 13.2. The Morgan fingerprint density at radius 3 is 1.80 bits per heavy atom. The lowest BCUT2D eigenvalue weighted by atomic mass is 9.80. The van der Waals surface area contributed by atoms with Crippen LogP contribution >= 0.6 is 11.3 Å². The SMILES string of the molecule is CC1(C)c2ccccc2-c2c1c1c3ccccc3n(-c3ccccc3)c1c1c3ccccc3n(-c3ccc(-c4ccc5sc6ccccc6c5c4)cc3)c21. The van der Waals surface area contributed by atoms with Gasteiger partial charge in [0.2, 0.25) is 0 Å². The van der Waals surface area contributed by atoms with Gasteiger partial charge in [0.1, 0.15) is 0 Å². The van der Waals surface area contributed by atoms with Gasteiger partial charge in [-0.3, -0.25) is 0 Å². The van der Waals surface area contributed by atoms with Crippen molar-refractivity contribution < 1.29 is 0 Å². The predicted molar refractivity (Wildman–Crippen MR) is 231 cm³/mol. The Hall–Kier alpha value is -6.42. The topological polar surface area (TPSA) is 9.86 Å². The van der Waals surface area contributed by atoms with Gasteiger partial charge in [0.15, 0.2) is 0 Å². The Labute approximate surface area is 316 Å². The fourth-order valence-corrected chi connectivity index (χ4v) is 10.9. The molecular weight excluding hydrogens is 673 g/mol. The van der Waals surface area contributed by atoms with E-state index in [4.69, 9.17) is 0 Å². The van der Waals surface area contributed by atoms with Gasteiger partial charge >= 0.3 is 0 Å². The van der Waals surface area contributed by atoms with Crippen LogP contribution in [0.4, 0.5) is 0 Å². The van der Waals surface area contributed by atoms with Crippen molar-refractivity contribution in [3.8, 4) is 33.6 Å². The fraction of sp³-hybridized carbons (Fsp3) is 0.0588. The highest BCUT2D eigenvalue weighted by Crippen LogP contribution is 2.58. The quantitative estimate of drug-likeness (QED) is 0.173. The molecule has 254 valence electrons. The number of hydrogen-bond acceptors (Lipinski definition) is 1. The van der Waals surface area contributed by atoms with Gasteiger partial charge in [-0.1, -0.05) is 129 Å².